The van der Waals surface area contributed by atoms with Crippen molar-refractivity contribution in [1.29, 1.82) is 0 Å². The minimum Gasteiger partial charge on any atom is -0.494 e. The van der Waals surface area contributed by atoms with Gasteiger partial charge in [-0.1, -0.05) is 12.1 Å². The molecule has 1 aliphatic heterocycles. The zero-order chi connectivity index (χ0) is 19.9. The summed E-state index contributed by atoms with van der Waals surface area (Å²) in [4.78, 5) is 25.6. The molecule has 1 aliphatic rings. The fraction of sp³-hybridized carbons (Fsp3) is 0.474. The van der Waals surface area contributed by atoms with Crippen LogP contribution in [0.3, 0.4) is 0 Å². The number of carbonyl (C=O) groups excluding carboxylic acids is 2. The number of likely N-dealkylation sites (N-methyl/N-ethyl adjacent to an activating group) is 1. The second kappa shape index (κ2) is 9.55. The van der Waals surface area contributed by atoms with Gasteiger partial charge < -0.3 is 14.4 Å². The molecule has 2 rings (SSSR count). The van der Waals surface area contributed by atoms with Crippen molar-refractivity contribution in [3.63, 3.8) is 0 Å². The highest BCUT2D eigenvalue weighted by Gasteiger charge is 2.34. The Bertz CT molecular complexity index is 785. The summed E-state index contributed by atoms with van der Waals surface area (Å²) in [5.74, 6) is -0.212. The van der Waals surface area contributed by atoms with Gasteiger partial charge in [-0.2, -0.15) is 0 Å². The van der Waals surface area contributed by atoms with Crippen LogP contribution in [0.1, 0.15) is 25.8 Å². The number of amides is 1. The predicted molar refractivity (Wildman–Crippen MR) is 102 cm³/mol. The molecule has 1 aromatic rings. The maximum Gasteiger partial charge on any atom is 0.331 e. The molecule has 1 fully saturated rings. The monoisotopic (exact) mass is 395 g/mol. The average Bonchev–Trinajstić information content (AvgIpc) is 2.99. The first kappa shape index (κ1) is 21.0. The van der Waals surface area contributed by atoms with Gasteiger partial charge in [-0.05, 0) is 44.0 Å². The van der Waals surface area contributed by atoms with Gasteiger partial charge in [0, 0.05) is 18.7 Å². The van der Waals surface area contributed by atoms with E-state index in [0.717, 1.165) is 11.3 Å². The molecule has 1 amide bonds. The molecule has 0 bridgehead atoms. The molecule has 8 heteroatoms. The first-order chi connectivity index (χ1) is 12.8. The van der Waals surface area contributed by atoms with Gasteiger partial charge in [0.25, 0.3) is 5.91 Å². The van der Waals surface area contributed by atoms with Crippen molar-refractivity contribution in [3.05, 3.63) is 35.9 Å². The van der Waals surface area contributed by atoms with Crippen molar-refractivity contribution in [2.45, 2.75) is 26.3 Å². The van der Waals surface area contributed by atoms with Crippen molar-refractivity contribution in [2.75, 3.05) is 31.3 Å². The molecule has 1 aromatic carbocycles. The van der Waals surface area contributed by atoms with E-state index in [2.05, 4.69) is 0 Å². The predicted octanol–water partition coefficient (Wildman–Crippen LogP) is 1.68. The summed E-state index contributed by atoms with van der Waals surface area (Å²) in [7, 11) is -3.08. The maximum absolute atomic E-state index is 12.3. The van der Waals surface area contributed by atoms with Crippen molar-refractivity contribution < 1.29 is 27.5 Å². The summed E-state index contributed by atoms with van der Waals surface area (Å²) < 4.78 is 33.5. The number of hydrogen-bond acceptors (Lipinski definition) is 6. The number of benzene rings is 1. The van der Waals surface area contributed by atoms with Crippen LogP contribution in [0.15, 0.2) is 30.3 Å². The Kier molecular flexibility index (Phi) is 7.41. The number of esters is 1. The Hall–Kier alpha value is -2.35. The third-order valence-electron chi connectivity index (χ3n) is 4.25. The number of nitrogens with zero attached hydrogens (tertiary/aromatic N) is 1. The second-order valence-corrected chi connectivity index (χ2v) is 8.41. The fourth-order valence-corrected chi connectivity index (χ4v) is 4.66. The first-order valence-corrected chi connectivity index (χ1v) is 10.7. The van der Waals surface area contributed by atoms with Gasteiger partial charge in [0.05, 0.1) is 18.1 Å². The quantitative estimate of drug-likeness (QED) is 0.491. The number of rotatable bonds is 8. The molecule has 1 atom stereocenters. The molecule has 0 unspecified atom stereocenters. The molecule has 1 saturated heterocycles. The summed E-state index contributed by atoms with van der Waals surface area (Å²) in [5, 5.41) is 0. The third-order valence-corrected chi connectivity index (χ3v) is 6.00. The van der Waals surface area contributed by atoms with E-state index in [0.29, 0.717) is 19.6 Å². The van der Waals surface area contributed by atoms with Crippen LogP contribution in [0.4, 0.5) is 0 Å². The van der Waals surface area contributed by atoms with Gasteiger partial charge in [0.1, 0.15) is 5.75 Å². The average molecular weight is 395 g/mol. The van der Waals surface area contributed by atoms with Crippen LogP contribution in [0, 0.1) is 0 Å². The molecule has 0 spiro atoms. The van der Waals surface area contributed by atoms with E-state index in [1.807, 2.05) is 6.92 Å². The summed E-state index contributed by atoms with van der Waals surface area (Å²) in [6, 6.07) is 6.86. The number of ether oxygens (including phenoxy) is 2. The Labute approximate surface area is 159 Å². The van der Waals surface area contributed by atoms with E-state index in [9.17, 15) is 18.0 Å². The largest absolute Gasteiger partial charge is 0.494 e. The van der Waals surface area contributed by atoms with Crippen LogP contribution in [-0.2, 0) is 24.2 Å². The van der Waals surface area contributed by atoms with Crippen molar-refractivity contribution in [3.8, 4) is 5.75 Å². The van der Waals surface area contributed by atoms with Crippen LogP contribution in [0.25, 0.3) is 6.08 Å². The lowest BCUT2D eigenvalue weighted by molar-refractivity contribution is -0.149. The lowest BCUT2D eigenvalue weighted by Crippen LogP contribution is -2.43. The molecule has 7 nitrogen and oxygen atoms in total. The minimum atomic E-state index is -3.08. The molecule has 0 N–H and O–H groups in total. The van der Waals surface area contributed by atoms with E-state index in [1.54, 1.807) is 37.3 Å². The van der Waals surface area contributed by atoms with E-state index in [-0.39, 0.29) is 23.5 Å². The zero-order valence-corrected chi connectivity index (χ0v) is 16.4. The first-order valence-electron chi connectivity index (χ1n) is 8.92. The Morgan fingerprint density at radius 2 is 1.93 bits per heavy atom. The number of sulfone groups is 1. The van der Waals surface area contributed by atoms with Crippen LogP contribution >= 0.6 is 0 Å². The van der Waals surface area contributed by atoms with Gasteiger partial charge in [-0.15, -0.1) is 0 Å². The number of carbonyl (C=O) groups is 2. The highest BCUT2D eigenvalue weighted by atomic mass is 32.2. The molecule has 0 radical (unpaired) electrons. The molecule has 0 aromatic heterocycles. The van der Waals surface area contributed by atoms with Gasteiger partial charge in [-0.3, -0.25) is 4.79 Å². The van der Waals surface area contributed by atoms with E-state index < -0.39 is 22.4 Å². The van der Waals surface area contributed by atoms with Crippen molar-refractivity contribution >= 4 is 27.8 Å². The fourth-order valence-electron chi connectivity index (χ4n) is 2.93. The molecular formula is C19H25NO6S. The topological polar surface area (TPSA) is 90.0 Å². The van der Waals surface area contributed by atoms with Crippen LogP contribution in [-0.4, -0.2) is 62.5 Å². The van der Waals surface area contributed by atoms with E-state index >= 15 is 0 Å². The lowest BCUT2D eigenvalue weighted by Gasteiger charge is -2.26. The summed E-state index contributed by atoms with van der Waals surface area (Å²) in [5.41, 5.74) is 0.799. The van der Waals surface area contributed by atoms with Crippen LogP contribution in [0.2, 0.25) is 0 Å². The van der Waals surface area contributed by atoms with Crippen molar-refractivity contribution in [2.24, 2.45) is 0 Å². The Balaban J connectivity index is 1.83. The van der Waals surface area contributed by atoms with Crippen molar-refractivity contribution in [1.82, 2.24) is 4.90 Å². The normalized spacial score (nSPS) is 18.4. The van der Waals surface area contributed by atoms with Gasteiger partial charge >= 0.3 is 5.97 Å². The zero-order valence-electron chi connectivity index (χ0n) is 15.6. The van der Waals surface area contributed by atoms with E-state index in [4.69, 9.17) is 9.47 Å². The van der Waals surface area contributed by atoms with Crippen LogP contribution < -0.4 is 4.74 Å². The molecule has 0 aliphatic carbocycles. The smallest absolute Gasteiger partial charge is 0.331 e. The highest BCUT2D eigenvalue weighted by molar-refractivity contribution is 7.91. The van der Waals surface area contributed by atoms with Gasteiger partial charge in [0.2, 0.25) is 0 Å². The SMILES string of the molecule is CCOc1ccc(/C=C/C(=O)OCC(=O)N(CC)[C@H]2CCS(=O)(=O)C2)cc1. The third kappa shape index (κ3) is 6.39. The van der Waals surface area contributed by atoms with Gasteiger partial charge in [0.15, 0.2) is 16.4 Å². The molecule has 148 valence electrons. The molecular weight excluding hydrogens is 370 g/mol. The number of hydrogen-bond donors (Lipinski definition) is 0. The molecule has 27 heavy (non-hydrogen) atoms. The second-order valence-electron chi connectivity index (χ2n) is 6.18. The summed E-state index contributed by atoms with van der Waals surface area (Å²) in [6.07, 6.45) is 3.26. The maximum atomic E-state index is 12.3. The van der Waals surface area contributed by atoms with Crippen LogP contribution in [0.5, 0.6) is 5.75 Å². The Morgan fingerprint density at radius 1 is 1.22 bits per heavy atom. The van der Waals surface area contributed by atoms with Gasteiger partial charge in [-0.25, -0.2) is 13.2 Å². The lowest BCUT2D eigenvalue weighted by atomic mass is 10.2. The molecule has 1 heterocycles. The van der Waals surface area contributed by atoms with E-state index in [1.165, 1.54) is 11.0 Å². The standard InChI is InChI=1S/C19H25NO6S/c1-3-20(16-11-12-27(23,24)14-16)18(21)13-26-19(22)10-7-15-5-8-17(9-6-15)25-4-2/h5-10,16H,3-4,11-14H2,1-2H3/b10-7+/t16-/m0/s1. The molecule has 0 saturated carbocycles. The summed E-state index contributed by atoms with van der Waals surface area (Å²) in [6.45, 7) is 4.22. The highest BCUT2D eigenvalue weighted by Crippen LogP contribution is 2.18. The minimum absolute atomic E-state index is 0.0296. The Morgan fingerprint density at radius 3 is 2.48 bits per heavy atom. The summed E-state index contributed by atoms with van der Waals surface area (Å²) >= 11 is 0.